The van der Waals surface area contributed by atoms with Gasteiger partial charge in [-0.05, 0) is 45.5 Å². The topological polar surface area (TPSA) is 45.5 Å². The van der Waals surface area contributed by atoms with Crippen LogP contribution in [0.2, 0.25) is 0 Å². The average Bonchev–Trinajstić information content (AvgIpc) is 2.82. The van der Waals surface area contributed by atoms with Gasteiger partial charge in [-0.2, -0.15) is 4.98 Å². The fourth-order valence-corrected chi connectivity index (χ4v) is 2.72. The molecule has 0 amide bonds. The largest absolute Gasteiger partial charge is 0.351 e. The van der Waals surface area contributed by atoms with Gasteiger partial charge in [0, 0.05) is 18.3 Å². The van der Waals surface area contributed by atoms with Crippen molar-refractivity contribution in [1.29, 1.82) is 0 Å². The van der Waals surface area contributed by atoms with E-state index in [1.54, 1.807) is 0 Å². The van der Waals surface area contributed by atoms with Crippen molar-refractivity contribution < 1.29 is 0 Å². The van der Waals surface area contributed by atoms with Gasteiger partial charge in [0.25, 0.3) is 0 Å². The van der Waals surface area contributed by atoms with Gasteiger partial charge in [0.2, 0.25) is 5.95 Å². The van der Waals surface area contributed by atoms with Crippen LogP contribution in [0.3, 0.4) is 0 Å². The van der Waals surface area contributed by atoms with E-state index in [2.05, 4.69) is 27.3 Å². The maximum absolute atomic E-state index is 4.51. The van der Waals surface area contributed by atoms with Crippen molar-refractivity contribution in [2.24, 2.45) is 0 Å². The summed E-state index contributed by atoms with van der Waals surface area (Å²) in [4.78, 5) is 6.93. The lowest BCUT2D eigenvalue weighted by Gasteiger charge is -2.32. The summed E-state index contributed by atoms with van der Waals surface area (Å²) in [5.41, 5.74) is 2.01. The lowest BCUT2D eigenvalue weighted by molar-refractivity contribution is 0.194. The van der Waals surface area contributed by atoms with Crippen LogP contribution in [-0.2, 0) is 0 Å². The Labute approximate surface area is 113 Å². The molecule has 1 aliphatic heterocycles. The van der Waals surface area contributed by atoms with Crippen LogP contribution in [0, 0.1) is 6.92 Å². The molecule has 2 aromatic rings. The Hall–Kier alpha value is -1.62. The van der Waals surface area contributed by atoms with Crippen LogP contribution in [0.5, 0.6) is 0 Å². The summed E-state index contributed by atoms with van der Waals surface area (Å²) in [6.45, 7) is 4.16. The molecule has 0 saturated carbocycles. The van der Waals surface area contributed by atoms with Gasteiger partial charge in [0.05, 0.1) is 0 Å². The van der Waals surface area contributed by atoms with E-state index in [1.165, 1.54) is 25.8 Å². The molecule has 5 nitrogen and oxygen atoms in total. The number of piperidine rings is 1. The minimum Gasteiger partial charge on any atom is -0.351 e. The van der Waals surface area contributed by atoms with E-state index in [9.17, 15) is 0 Å². The molecule has 1 saturated heterocycles. The Balaban J connectivity index is 1.69. The first-order chi connectivity index (χ1) is 9.24. The van der Waals surface area contributed by atoms with Gasteiger partial charge in [-0.25, -0.2) is 4.52 Å². The highest BCUT2D eigenvalue weighted by Crippen LogP contribution is 2.15. The van der Waals surface area contributed by atoms with E-state index < -0.39 is 0 Å². The number of aromatic nitrogens is 3. The van der Waals surface area contributed by atoms with Crippen LogP contribution >= 0.6 is 0 Å². The normalized spacial score (nSPS) is 20.8. The Bertz CT molecular complexity index is 562. The second kappa shape index (κ2) is 5.17. The van der Waals surface area contributed by atoms with E-state index in [-0.39, 0.29) is 0 Å². The molecule has 1 unspecified atom stereocenters. The van der Waals surface area contributed by atoms with Crippen LogP contribution in [0.15, 0.2) is 18.2 Å². The van der Waals surface area contributed by atoms with Crippen molar-refractivity contribution in [2.75, 3.05) is 25.5 Å². The first kappa shape index (κ1) is 12.4. The second-order valence-corrected chi connectivity index (χ2v) is 5.38. The van der Waals surface area contributed by atoms with Gasteiger partial charge in [0.15, 0.2) is 5.65 Å². The summed E-state index contributed by atoms with van der Waals surface area (Å²) in [6, 6.07) is 6.64. The number of nitrogens with one attached hydrogen (secondary N) is 1. The second-order valence-electron chi connectivity index (χ2n) is 5.38. The van der Waals surface area contributed by atoms with Crippen LogP contribution < -0.4 is 5.32 Å². The number of rotatable bonds is 3. The molecule has 5 heteroatoms. The molecule has 19 heavy (non-hydrogen) atoms. The molecule has 2 aromatic heterocycles. The fraction of sp³-hybridized carbons (Fsp3) is 0.571. The zero-order chi connectivity index (χ0) is 13.2. The lowest BCUT2D eigenvalue weighted by Crippen LogP contribution is -2.40. The Morgan fingerprint density at radius 2 is 2.26 bits per heavy atom. The molecule has 0 aliphatic carbocycles. The zero-order valence-corrected chi connectivity index (χ0v) is 11.6. The number of pyridine rings is 1. The standard InChI is InChI=1S/C14H21N5/c1-11-6-5-8-13-16-14(17-19(11)13)15-10-12-7-3-4-9-18(12)2/h5-6,8,12H,3-4,7,9-10H2,1-2H3,(H,15,17). The molecule has 1 fully saturated rings. The minimum absolute atomic E-state index is 0.599. The van der Waals surface area contributed by atoms with Crippen LogP contribution in [0.25, 0.3) is 5.65 Å². The minimum atomic E-state index is 0.599. The monoisotopic (exact) mass is 259 g/mol. The highest BCUT2D eigenvalue weighted by atomic mass is 15.4. The number of aryl methyl sites for hydroxylation is 1. The lowest BCUT2D eigenvalue weighted by atomic mass is 10.0. The molecule has 3 rings (SSSR count). The third kappa shape index (κ3) is 2.56. The number of anilines is 1. The van der Waals surface area contributed by atoms with Crippen molar-refractivity contribution in [2.45, 2.75) is 32.2 Å². The van der Waals surface area contributed by atoms with E-state index in [4.69, 9.17) is 0 Å². The molecule has 1 atom stereocenters. The maximum atomic E-state index is 4.51. The smallest absolute Gasteiger partial charge is 0.243 e. The van der Waals surface area contributed by atoms with Crippen molar-refractivity contribution >= 4 is 11.6 Å². The number of likely N-dealkylation sites (N-methyl/N-ethyl adjacent to an activating group) is 1. The quantitative estimate of drug-likeness (QED) is 0.915. The summed E-state index contributed by atoms with van der Waals surface area (Å²) in [5, 5.41) is 7.87. The summed E-state index contributed by atoms with van der Waals surface area (Å²) >= 11 is 0. The number of fused-ring (bicyclic) bond motifs is 1. The average molecular weight is 259 g/mol. The molecule has 0 spiro atoms. The Morgan fingerprint density at radius 1 is 1.37 bits per heavy atom. The molecule has 3 heterocycles. The van der Waals surface area contributed by atoms with Crippen LogP contribution in [-0.4, -0.2) is 45.7 Å². The molecule has 1 aliphatic rings. The molecule has 0 radical (unpaired) electrons. The third-order valence-corrected chi connectivity index (χ3v) is 3.97. The summed E-state index contributed by atoms with van der Waals surface area (Å²) in [7, 11) is 2.20. The predicted octanol–water partition coefficient (Wildman–Crippen LogP) is 1.93. The predicted molar refractivity (Wildman–Crippen MR) is 76.5 cm³/mol. The zero-order valence-electron chi connectivity index (χ0n) is 11.6. The molecule has 1 N–H and O–H groups in total. The summed E-state index contributed by atoms with van der Waals surface area (Å²) < 4.78 is 1.88. The Kier molecular flexibility index (Phi) is 3.38. The number of likely N-dealkylation sites (tertiary alicyclic amines) is 1. The highest BCUT2D eigenvalue weighted by molar-refractivity contribution is 5.44. The molecular formula is C14H21N5. The number of hydrogen-bond acceptors (Lipinski definition) is 4. The van der Waals surface area contributed by atoms with E-state index in [0.717, 1.165) is 23.8 Å². The van der Waals surface area contributed by atoms with Gasteiger partial charge < -0.3 is 10.2 Å². The van der Waals surface area contributed by atoms with Crippen molar-refractivity contribution in [3.8, 4) is 0 Å². The van der Waals surface area contributed by atoms with E-state index >= 15 is 0 Å². The van der Waals surface area contributed by atoms with E-state index in [0.29, 0.717) is 6.04 Å². The van der Waals surface area contributed by atoms with Gasteiger partial charge in [-0.3, -0.25) is 0 Å². The van der Waals surface area contributed by atoms with Gasteiger partial charge in [0.1, 0.15) is 0 Å². The molecular weight excluding hydrogens is 238 g/mol. The fourth-order valence-electron chi connectivity index (χ4n) is 2.72. The van der Waals surface area contributed by atoms with E-state index in [1.807, 2.05) is 29.6 Å². The van der Waals surface area contributed by atoms with Crippen LogP contribution in [0.1, 0.15) is 25.0 Å². The first-order valence-corrected chi connectivity index (χ1v) is 7.00. The van der Waals surface area contributed by atoms with Gasteiger partial charge >= 0.3 is 0 Å². The van der Waals surface area contributed by atoms with Crippen molar-refractivity contribution in [3.63, 3.8) is 0 Å². The Morgan fingerprint density at radius 3 is 3.05 bits per heavy atom. The van der Waals surface area contributed by atoms with Crippen molar-refractivity contribution in [3.05, 3.63) is 23.9 Å². The van der Waals surface area contributed by atoms with Gasteiger partial charge in [-0.15, -0.1) is 5.10 Å². The highest BCUT2D eigenvalue weighted by Gasteiger charge is 2.18. The summed E-state index contributed by atoms with van der Waals surface area (Å²) in [5.74, 6) is 0.730. The SMILES string of the molecule is Cc1cccc2nc(NCC3CCCCN3C)nn12. The number of hydrogen-bond donors (Lipinski definition) is 1. The molecule has 102 valence electrons. The van der Waals surface area contributed by atoms with Gasteiger partial charge in [-0.1, -0.05) is 12.5 Å². The summed E-state index contributed by atoms with van der Waals surface area (Å²) in [6.07, 6.45) is 3.91. The van der Waals surface area contributed by atoms with Crippen molar-refractivity contribution in [1.82, 2.24) is 19.5 Å². The first-order valence-electron chi connectivity index (χ1n) is 7.00. The maximum Gasteiger partial charge on any atom is 0.243 e. The third-order valence-electron chi connectivity index (χ3n) is 3.97. The molecule has 0 aromatic carbocycles. The number of nitrogens with zero attached hydrogens (tertiary/aromatic N) is 4. The molecule has 0 bridgehead atoms. The van der Waals surface area contributed by atoms with Crippen LogP contribution in [0.4, 0.5) is 5.95 Å².